The number of halogens is 4. The molecule has 0 N–H and O–H groups in total. The molecular formula is C24H12Cl4CuN5O3. The molecule has 0 radical (unpaired) electrons. The normalized spacial score (nSPS) is 10.3. The summed E-state index contributed by atoms with van der Waals surface area (Å²) in [6, 6.07) is 22.7. The van der Waals surface area contributed by atoms with E-state index in [1.165, 1.54) is 0 Å². The van der Waals surface area contributed by atoms with E-state index in [1.807, 2.05) is 48.5 Å². The minimum absolute atomic E-state index is 0. The number of fused-ring (bicyclic) bond motifs is 6. The van der Waals surface area contributed by atoms with Crippen LogP contribution < -0.4 is 0 Å². The second-order valence-electron chi connectivity index (χ2n) is 7.18. The van der Waals surface area contributed by atoms with E-state index < -0.39 is 5.09 Å². The average molecular weight is 624 g/mol. The number of benzene rings is 2. The van der Waals surface area contributed by atoms with Crippen molar-refractivity contribution in [2.75, 3.05) is 0 Å². The fourth-order valence-corrected chi connectivity index (χ4v) is 4.03. The van der Waals surface area contributed by atoms with Gasteiger partial charge in [-0.3, -0.25) is 0 Å². The van der Waals surface area contributed by atoms with E-state index in [4.69, 9.17) is 61.7 Å². The fraction of sp³-hybridized carbons (Fsp3) is 0. The summed E-state index contributed by atoms with van der Waals surface area (Å²) in [6.07, 6.45) is 0. The molecule has 0 spiro atoms. The van der Waals surface area contributed by atoms with E-state index >= 15 is 0 Å². The van der Waals surface area contributed by atoms with Crippen molar-refractivity contribution in [3.05, 3.63) is 109 Å². The van der Waals surface area contributed by atoms with Crippen LogP contribution in [0.15, 0.2) is 72.8 Å². The maximum atomic E-state index is 8.25. The molecule has 0 unspecified atom stereocenters. The molecule has 0 saturated heterocycles. The zero-order valence-electron chi connectivity index (χ0n) is 18.2. The fourth-order valence-electron chi connectivity index (χ4n) is 3.44. The monoisotopic (exact) mass is 621 g/mol. The van der Waals surface area contributed by atoms with Crippen molar-refractivity contribution in [2.24, 2.45) is 0 Å². The molecule has 8 nitrogen and oxygen atoms in total. The first-order valence-electron chi connectivity index (χ1n) is 10.1. The van der Waals surface area contributed by atoms with Crippen LogP contribution in [0.3, 0.4) is 0 Å². The number of aromatic nitrogens is 4. The molecule has 0 saturated carbocycles. The second kappa shape index (κ2) is 12.5. The minimum Gasteiger partial charge on any atom is -0.356 e. The number of pyridine rings is 4. The molecule has 0 aliphatic carbocycles. The van der Waals surface area contributed by atoms with Gasteiger partial charge in [-0.25, -0.2) is 19.9 Å². The second-order valence-corrected chi connectivity index (χ2v) is 8.73. The van der Waals surface area contributed by atoms with Crippen LogP contribution in [0.4, 0.5) is 0 Å². The maximum Gasteiger partial charge on any atom is 1.00 e. The molecule has 0 fully saturated rings. The van der Waals surface area contributed by atoms with Crippen molar-refractivity contribution in [3.8, 4) is 0 Å². The van der Waals surface area contributed by atoms with Crippen LogP contribution in [0.2, 0.25) is 20.6 Å². The van der Waals surface area contributed by atoms with E-state index in [0.29, 0.717) is 20.6 Å². The minimum atomic E-state index is -1.75. The largest absolute Gasteiger partial charge is 1.00 e. The van der Waals surface area contributed by atoms with Crippen molar-refractivity contribution in [3.63, 3.8) is 0 Å². The van der Waals surface area contributed by atoms with Gasteiger partial charge in [0.1, 0.15) is 20.6 Å². The van der Waals surface area contributed by atoms with E-state index in [2.05, 4.69) is 19.9 Å². The molecule has 190 valence electrons. The molecule has 6 rings (SSSR count). The molecule has 0 aliphatic rings. The van der Waals surface area contributed by atoms with Crippen molar-refractivity contribution >= 4 is 90.0 Å². The third-order valence-electron chi connectivity index (χ3n) is 4.90. The Labute approximate surface area is 239 Å². The van der Waals surface area contributed by atoms with Crippen LogP contribution in [0.25, 0.3) is 43.6 Å². The summed E-state index contributed by atoms with van der Waals surface area (Å²) in [5.74, 6) is 0. The molecule has 13 heteroatoms. The smallest absolute Gasteiger partial charge is 0.356 e. The first-order chi connectivity index (χ1) is 17.2. The quantitative estimate of drug-likeness (QED) is 0.0554. The van der Waals surface area contributed by atoms with Crippen LogP contribution in [-0.4, -0.2) is 25.0 Å². The molecule has 6 aromatic rings. The Morgan fingerprint density at radius 1 is 0.459 bits per heavy atom. The first-order valence-corrected chi connectivity index (χ1v) is 11.6. The van der Waals surface area contributed by atoms with Crippen LogP contribution in [0.1, 0.15) is 0 Å². The molecule has 0 amide bonds. The molecule has 2 aromatic carbocycles. The predicted molar refractivity (Wildman–Crippen MR) is 144 cm³/mol. The Balaban J connectivity index is 0.000000176. The van der Waals surface area contributed by atoms with Gasteiger partial charge in [-0.15, -0.1) is 0 Å². The molecule has 0 atom stereocenters. The Hall–Kier alpha value is -3.04. The van der Waals surface area contributed by atoms with Gasteiger partial charge in [0, 0.05) is 21.5 Å². The first kappa shape index (κ1) is 28.5. The summed E-state index contributed by atoms with van der Waals surface area (Å²) in [5.41, 5.74) is 3.14. The SMILES string of the molecule is Clc1ccc2ccc3ccc(Cl)nc3c2n1.Clc1ccc2ccc3ccc(Cl)nc3c2n1.O=[N+]([O-])[O-].[Cu+]. The van der Waals surface area contributed by atoms with Gasteiger partial charge in [-0.1, -0.05) is 70.7 Å². The Morgan fingerprint density at radius 2 is 0.622 bits per heavy atom. The van der Waals surface area contributed by atoms with E-state index in [9.17, 15) is 0 Å². The topological polar surface area (TPSA) is 118 Å². The summed E-state index contributed by atoms with van der Waals surface area (Å²) >= 11 is 23.5. The molecule has 4 heterocycles. The van der Waals surface area contributed by atoms with Crippen molar-refractivity contribution in [1.29, 1.82) is 0 Å². The van der Waals surface area contributed by atoms with Gasteiger partial charge in [0.25, 0.3) is 0 Å². The summed E-state index contributed by atoms with van der Waals surface area (Å²) in [7, 11) is 0. The number of hydrogen-bond acceptors (Lipinski definition) is 7. The molecular weight excluding hydrogens is 612 g/mol. The van der Waals surface area contributed by atoms with E-state index in [1.54, 1.807) is 24.3 Å². The zero-order valence-corrected chi connectivity index (χ0v) is 22.2. The molecule has 37 heavy (non-hydrogen) atoms. The van der Waals surface area contributed by atoms with Gasteiger partial charge in [0.05, 0.1) is 27.2 Å². The zero-order chi connectivity index (χ0) is 25.8. The molecule has 0 bridgehead atoms. The van der Waals surface area contributed by atoms with Crippen molar-refractivity contribution in [1.82, 2.24) is 19.9 Å². The average Bonchev–Trinajstić information content (AvgIpc) is 2.84. The van der Waals surface area contributed by atoms with Crippen LogP contribution in [0.5, 0.6) is 0 Å². The van der Waals surface area contributed by atoms with Gasteiger partial charge < -0.3 is 15.3 Å². The standard InChI is InChI=1S/2C12H6Cl2N2.Cu.NO3/c2*13-9-5-3-7-1-2-8-4-6-10(14)16-12(8)11(7)15-9;;2-1(3)4/h2*1-6H;;/q;;+1;-1. The van der Waals surface area contributed by atoms with Gasteiger partial charge in [-0.05, 0) is 48.5 Å². The maximum absolute atomic E-state index is 8.25. The van der Waals surface area contributed by atoms with Crippen molar-refractivity contribution < 1.29 is 22.2 Å². The van der Waals surface area contributed by atoms with Crippen molar-refractivity contribution in [2.45, 2.75) is 0 Å². The molecule has 4 aromatic heterocycles. The summed E-state index contributed by atoms with van der Waals surface area (Å²) in [5, 5.41) is 20.6. The molecule has 0 aliphatic heterocycles. The number of hydrogen-bond donors (Lipinski definition) is 0. The van der Waals surface area contributed by atoms with Crippen LogP contribution >= 0.6 is 46.4 Å². The van der Waals surface area contributed by atoms with Gasteiger partial charge in [-0.2, -0.15) is 0 Å². The Bertz CT molecular complexity index is 1510. The Kier molecular flexibility index (Phi) is 9.61. The van der Waals surface area contributed by atoms with E-state index in [0.717, 1.165) is 43.6 Å². The van der Waals surface area contributed by atoms with Gasteiger partial charge >= 0.3 is 17.1 Å². The van der Waals surface area contributed by atoms with Crippen LogP contribution in [0, 0.1) is 15.3 Å². The Morgan fingerprint density at radius 3 is 0.811 bits per heavy atom. The third-order valence-corrected chi connectivity index (χ3v) is 5.75. The summed E-state index contributed by atoms with van der Waals surface area (Å²) in [6.45, 7) is 0. The van der Waals surface area contributed by atoms with Crippen LogP contribution in [-0.2, 0) is 17.1 Å². The number of nitrogens with zero attached hydrogens (tertiary/aromatic N) is 5. The summed E-state index contributed by atoms with van der Waals surface area (Å²) < 4.78 is 0. The number of rotatable bonds is 0. The third kappa shape index (κ3) is 7.05. The predicted octanol–water partition coefficient (Wildman–Crippen LogP) is 7.94. The van der Waals surface area contributed by atoms with Gasteiger partial charge in [0.15, 0.2) is 0 Å². The van der Waals surface area contributed by atoms with E-state index in [-0.39, 0.29) is 17.1 Å². The van der Waals surface area contributed by atoms with Gasteiger partial charge in [0.2, 0.25) is 0 Å². The summed E-state index contributed by atoms with van der Waals surface area (Å²) in [4.78, 5) is 25.4.